The molecule has 0 aliphatic carbocycles. The summed E-state index contributed by atoms with van der Waals surface area (Å²) in [5, 5.41) is 16.3. The highest BCUT2D eigenvalue weighted by atomic mass is 15.3. The van der Waals surface area contributed by atoms with Gasteiger partial charge in [0.2, 0.25) is 0 Å². The van der Waals surface area contributed by atoms with Crippen molar-refractivity contribution in [3.63, 3.8) is 0 Å². The zero-order chi connectivity index (χ0) is 14.5. The van der Waals surface area contributed by atoms with Crippen molar-refractivity contribution in [3.8, 4) is 5.82 Å². The van der Waals surface area contributed by atoms with Crippen LogP contribution in [0, 0.1) is 20.8 Å². The predicted octanol–water partition coefficient (Wildman–Crippen LogP) is 2.13. The lowest BCUT2D eigenvalue weighted by Gasteiger charge is -2.05. The zero-order valence-electron chi connectivity index (χ0n) is 12.8. The lowest BCUT2D eigenvalue weighted by Crippen LogP contribution is -2.14. The van der Waals surface area contributed by atoms with Gasteiger partial charge in [-0.15, -0.1) is 5.10 Å². The molecule has 0 atom stereocenters. The quantitative estimate of drug-likeness (QED) is 0.819. The molecule has 0 bridgehead atoms. The standard InChI is InChI=1S/C15H23N5/c1-5-16-10-6-7-14-12(3)19-20(13(14)4)15-9-8-11(2)17-18-15/h8-9,16H,5-7,10H2,1-4H3. The molecule has 5 heteroatoms. The summed E-state index contributed by atoms with van der Waals surface area (Å²) in [6.45, 7) is 10.3. The molecular formula is C15H23N5. The fourth-order valence-corrected chi connectivity index (χ4v) is 2.33. The van der Waals surface area contributed by atoms with Gasteiger partial charge in [-0.3, -0.25) is 0 Å². The molecule has 0 saturated heterocycles. The van der Waals surface area contributed by atoms with E-state index in [4.69, 9.17) is 0 Å². The summed E-state index contributed by atoms with van der Waals surface area (Å²) in [6.07, 6.45) is 2.17. The summed E-state index contributed by atoms with van der Waals surface area (Å²) in [4.78, 5) is 0. The van der Waals surface area contributed by atoms with E-state index in [1.807, 2.05) is 23.7 Å². The van der Waals surface area contributed by atoms with E-state index in [-0.39, 0.29) is 0 Å². The van der Waals surface area contributed by atoms with Gasteiger partial charge in [-0.05, 0) is 64.4 Å². The van der Waals surface area contributed by atoms with Crippen LogP contribution in [0.15, 0.2) is 12.1 Å². The number of rotatable bonds is 6. The molecule has 0 spiro atoms. The second-order valence-electron chi connectivity index (χ2n) is 5.05. The van der Waals surface area contributed by atoms with E-state index in [1.165, 1.54) is 5.56 Å². The van der Waals surface area contributed by atoms with Gasteiger partial charge < -0.3 is 5.32 Å². The number of aryl methyl sites for hydroxylation is 2. The molecule has 2 heterocycles. The van der Waals surface area contributed by atoms with E-state index in [2.05, 4.69) is 41.4 Å². The van der Waals surface area contributed by atoms with Gasteiger partial charge in [-0.2, -0.15) is 10.2 Å². The second-order valence-corrected chi connectivity index (χ2v) is 5.05. The minimum absolute atomic E-state index is 0.786. The van der Waals surface area contributed by atoms with Crippen molar-refractivity contribution >= 4 is 0 Å². The van der Waals surface area contributed by atoms with E-state index in [9.17, 15) is 0 Å². The van der Waals surface area contributed by atoms with Crippen molar-refractivity contribution in [2.24, 2.45) is 0 Å². The fourth-order valence-electron chi connectivity index (χ4n) is 2.33. The van der Waals surface area contributed by atoms with E-state index in [0.29, 0.717) is 0 Å². The number of nitrogens with one attached hydrogen (secondary N) is 1. The highest BCUT2D eigenvalue weighted by molar-refractivity contribution is 5.32. The van der Waals surface area contributed by atoms with Crippen LogP contribution in [0.1, 0.15) is 36.0 Å². The van der Waals surface area contributed by atoms with Crippen LogP contribution in [-0.2, 0) is 6.42 Å². The lowest BCUT2D eigenvalue weighted by molar-refractivity contribution is 0.670. The fraction of sp³-hybridized carbons (Fsp3) is 0.533. The summed E-state index contributed by atoms with van der Waals surface area (Å²) in [5.74, 6) is 0.786. The number of hydrogen-bond donors (Lipinski definition) is 1. The maximum Gasteiger partial charge on any atom is 0.175 e. The minimum Gasteiger partial charge on any atom is -0.317 e. The molecule has 0 saturated carbocycles. The van der Waals surface area contributed by atoms with Gasteiger partial charge in [0.25, 0.3) is 0 Å². The van der Waals surface area contributed by atoms with Crippen LogP contribution in [0.4, 0.5) is 0 Å². The molecule has 0 aromatic carbocycles. The van der Waals surface area contributed by atoms with Crippen molar-refractivity contribution in [2.75, 3.05) is 13.1 Å². The van der Waals surface area contributed by atoms with Crippen LogP contribution in [0.3, 0.4) is 0 Å². The Balaban J connectivity index is 2.17. The highest BCUT2D eigenvalue weighted by Crippen LogP contribution is 2.17. The Bertz CT molecular complexity index is 556. The van der Waals surface area contributed by atoms with Gasteiger partial charge >= 0.3 is 0 Å². The van der Waals surface area contributed by atoms with Crippen molar-refractivity contribution in [1.82, 2.24) is 25.3 Å². The van der Waals surface area contributed by atoms with Gasteiger partial charge in [0.1, 0.15) is 0 Å². The van der Waals surface area contributed by atoms with Gasteiger partial charge in [0, 0.05) is 5.69 Å². The Morgan fingerprint density at radius 1 is 1.15 bits per heavy atom. The van der Waals surface area contributed by atoms with Crippen LogP contribution < -0.4 is 5.32 Å². The van der Waals surface area contributed by atoms with Gasteiger partial charge in [-0.1, -0.05) is 6.92 Å². The highest BCUT2D eigenvalue weighted by Gasteiger charge is 2.13. The average Bonchev–Trinajstić information content (AvgIpc) is 2.72. The van der Waals surface area contributed by atoms with Crippen molar-refractivity contribution in [2.45, 2.75) is 40.5 Å². The molecule has 2 aromatic rings. The summed E-state index contributed by atoms with van der Waals surface area (Å²) >= 11 is 0. The molecule has 0 aliphatic rings. The smallest absolute Gasteiger partial charge is 0.175 e. The maximum absolute atomic E-state index is 4.60. The molecule has 5 nitrogen and oxygen atoms in total. The first-order valence-corrected chi connectivity index (χ1v) is 7.20. The van der Waals surface area contributed by atoms with Gasteiger partial charge in [0.15, 0.2) is 5.82 Å². The van der Waals surface area contributed by atoms with Crippen molar-refractivity contribution < 1.29 is 0 Å². The molecule has 0 fully saturated rings. The van der Waals surface area contributed by atoms with Crippen LogP contribution in [0.2, 0.25) is 0 Å². The Morgan fingerprint density at radius 3 is 2.60 bits per heavy atom. The third-order valence-corrected chi connectivity index (χ3v) is 3.47. The molecule has 0 aliphatic heterocycles. The second kappa shape index (κ2) is 6.61. The Labute approximate surface area is 120 Å². The summed E-state index contributed by atoms with van der Waals surface area (Å²) in [6, 6.07) is 3.92. The van der Waals surface area contributed by atoms with E-state index in [1.54, 1.807) is 0 Å². The molecule has 20 heavy (non-hydrogen) atoms. The van der Waals surface area contributed by atoms with Crippen LogP contribution >= 0.6 is 0 Å². The van der Waals surface area contributed by atoms with Crippen molar-refractivity contribution in [3.05, 3.63) is 34.8 Å². The summed E-state index contributed by atoms with van der Waals surface area (Å²) < 4.78 is 1.89. The average molecular weight is 273 g/mol. The van der Waals surface area contributed by atoms with Crippen LogP contribution in [0.25, 0.3) is 5.82 Å². The minimum atomic E-state index is 0.786. The molecule has 2 rings (SSSR count). The van der Waals surface area contributed by atoms with Crippen LogP contribution in [-0.4, -0.2) is 33.1 Å². The monoisotopic (exact) mass is 273 g/mol. The number of aromatic nitrogens is 4. The number of hydrogen-bond acceptors (Lipinski definition) is 4. The third-order valence-electron chi connectivity index (χ3n) is 3.47. The maximum atomic E-state index is 4.60. The molecule has 108 valence electrons. The SMILES string of the molecule is CCNCCCc1c(C)nn(-c2ccc(C)nn2)c1C. The van der Waals surface area contributed by atoms with Crippen molar-refractivity contribution in [1.29, 1.82) is 0 Å². The molecule has 2 aromatic heterocycles. The van der Waals surface area contributed by atoms with Crippen LogP contribution in [0.5, 0.6) is 0 Å². The topological polar surface area (TPSA) is 55.6 Å². The predicted molar refractivity (Wildman–Crippen MR) is 80.2 cm³/mol. The first-order valence-electron chi connectivity index (χ1n) is 7.20. The van der Waals surface area contributed by atoms with E-state index < -0.39 is 0 Å². The largest absolute Gasteiger partial charge is 0.317 e. The first kappa shape index (κ1) is 14.7. The lowest BCUT2D eigenvalue weighted by atomic mass is 10.1. The van der Waals surface area contributed by atoms with E-state index in [0.717, 1.165) is 48.8 Å². The first-order chi connectivity index (χ1) is 9.63. The normalized spacial score (nSPS) is 11.0. The molecule has 0 amide bonds. The van der Waals surface area contributed by atoms with Gasteiger partial charge in [0.05, 0.1) is 11.4 Å². The summed E-state index contributed by atoms with van der Waals surface area (Å²) in [7, 11) is 0. The Kier molecular flexibility index (Phi) is 4.84. The summed E-state index contributed by atoms with van der Waals surface area (Å²) in [5.41, 5.74) is 4.49. The Hall–Kier alpha value is -1.75. The zero-order valence-corrected chi connectivity index (χ0v) is 12.8. The van der Waals surface area contributed by atoms with Gasteiger partial charge in [-0.25, -0.2) is 4.68 Å². The molecule has 0 radical (unpaired) electrons. The molecular weight excluding hydrogens is 250 g/mol. The third kappa shape index (κ3) is 3.22. The Morgan fingerprint density at radius 2 is 1.95 bits per heavy atom. The molecule has 0 unspecified atom stereocenters. The van der Waals surface area contributed by atoms with E-state index >= 15 is 0 Å². The number of nitrogens with zero attached hydrogens (tertiary/aromatic N) is 4. The molecule has 1 N–H and O–H groups in total.